The van der Waals surface area contributed by atoms with Crippen molar-refractivity contribution in [2.45, 2.75) is 37.5 Å². The number of H-pyrrole nitrogens is 1. The molecule has 1 aromatic carbocycles. The molecule has 0 saturated heterocycles. The molecular formula is C17H17F3N4. The van der Waals surface area contributed by atoms with Crippen LogP contribution in [0.2, 0.25) is 0 Å². The molecule has 0 unspecified atom stereocenters. The van der Waals surface area contributed by atoms with Gasteiger partial charge in [0.05, 0.1) is 6.04 Å². The van der Waals surface area contributed by atoms with Gasteiger partial charge < -0.3 is 10.7 Å². The first-order chi connectivity index (χ1) is 11.4. The molecule has 2 heterocycles. The molecule has 126 valence electrons. The van der Waals surface area contributed by atoms with Crippen molar-refractivity contribution in [3.63, 3.8) is 0 Å². The number of hydrogen-bond donors (Lipinski definition) is 2. The van der Waals surface area contributed by atoms with Crippen molar-refractivity contribution in [1.29, 1.82) is 0 Å². The van der Waals surface area contributed by atoms with Crippen LogP contribution in [0, 0.1) is 0 Å². The topological polar surface area (TPSA) is 59.6 Å². The van der Waals surface area contributed by atoms with E-state index in [0.717, 1.165) is 23.7 Å². The highest BCUT2D eigenvalue weighted by atomic mass is 19.4. The first-order valence-electron chi connectivity index (χ1n) is 7.91. The molecule has 3 aromatic rings. The summed E-state index contributed by atoms with van der Waals surface area (Å²) < 4.78 is 41.8. The summed E-state index contributed by atoms with van der Waals surface area (Å²) in [5.74, 6) is 0. The Bertz CT molecular complexity index is 877. The van der Waals surface area contributed by atoms with Gasteiger partial charge in [-0.25, -0.2) is 0 Å². The van der Waals surface area contributed by atoms with Crippen molar-refractivity contribution in [2.75, 3.05) is 0 Å². The molecule has 7 heteroatoms. The molecule has 24 heavy (non-hydrogen) atoms. The molecule has 0 spiro atoms. The molecule has 0 radical (unpaired) electrons. The second-order valence-electron chi connectivity index (χ2n) is 6.38. The smallest absolute Gasteiger partial charge is 0.361 e. The average Bonchev–Trinajstić information content (AvgIpc) is 3.23. The van der Waals surface area contributed by atoms with Gasteiger partial charge in [-0.15, -0.1) is 0 Å². The predicted octanol–water partition coefficient (Wildman–Crippen LogP) is 4.10. The second kappa shape index (κ2) is 5.37. The zero-order chi connectivity index (χ0) is 16.9. The molecule has 4 nitrogen and oxygen atoms in total. The minimum Gasteiger partial charge on any atom is -0.361 e. The van der Waals surface area contributed by atoms with Crippen LogP contribution in [0.1, 0.15) is 31.0 Å². The molecule has 1 aliphatic rings. The van der Waals surface area contributed by atoms with Crippen molar-refractivity contribution in [1.82, 2.24) is 14.8 Å². The van der Waals surface area contributed by atoms with Gasteiger partial charge in [0.25, 0.3) is 0 Å². The lowest BCUT2D eigenvalue weighted by Crippen LogP contribution is -2.16. The van der Waals surface area contributed by atoms with Crippen LogP contribution in [0.4, 0.5) is 13.2 Å². The molecule has 1 fully saturated rings. The Hall–Kier alpha value is -2.28. The average molecular weight is 334 g/mol. The normalized spacial score (nSPS) is 21.7. The molecular weight excluding hydrogens is 317 g/mol. The summed E-state index contributed by atoms with van der Waals surface area (Å²) in [4.78, 5) is 3.03. The van der Waals surface area contributed by atoms with Gasteiger partial charge in [0.1, 0.15) is 0 Å². The van der Waals surface area contributed by atoms with Gasteiger partial charge in [0.15, 0.2) is 5.69 Å². The first kappa shape index (κ1) is 15.3. The van der Waals surface area contributed by atoms with Crippen molar-refractivity contribution in [3.05, 3.63) is 42.4 Å². The lowest BCUT2D eigenvalue weighted by molar-refractivity contribution is -0.141. The van der Waals surface area contributed by atoms with Crippen molar-refractivity contribution < 1.29 is 13.2 Å². The first-order valence-corrected chi connectivity index (χ1v) is 7.91. The van der Waals surface area contributed by atoms with E-state index in [1.54, 1.807) is 18.3 Å². The number of nitrogens with one attached hydrogen (secondary N) is 1. The highest BCUT2D eigenvalue weighted by Gasteiger charge is 2.38. The predicted molar refractivity (Wildman–Crippen MR) is 85.4 cm³/mol. The van der Waals surface area contributed by atoms with Crippen molar-refractivity contribution >= 4 is 10.9 Å². The zero-order valence-corrected chi connectivity index (χ0v) is 12.8. The number of aromatic nitrogens is 3. The quantitative estimate of drug-likeness (QED) is 0.741. The van der Waals surface area contributed by atoms with Gasteiger partial charge in [0.2, 0.25) is 0 Å². The van der Waals surface area contributed by atoms with Gasteiger partial charge in [0, 0.05) is 29.5 Å². The Kier molecular flexibility index (Phi) is 3.42. The van der Waals surface area contributed by atoms with Crippen molar-refractivity contribution in [3.8, 4) is 11.1 Å². The van der Waals surface area contributed by atoms with Crippen LogP contribution < -0.4 is 5.73 Å². The van der Waals surface area contributed by atoms with E-state index in [1.807, 2.05) is 12.1 Å². The lowest BCUT2D eigenvalue weighted by atomic mass is 10.0. The molecule has 0 amide bonds. The van der Waals surface area contributed by atoms with Gasteiger partial charge >= 0.3 is 6.18 Å². The molecule has 2 aromatic heterocycles. The molecule has 3 N–H and O–H groups in total. The number of alkyl halides is 3. The molecule has 1 aliphatic carbocycles. The van der Waals surface area contributed by atoms with Gasteiger partial charge in [-0.1, -0.05) is 12.1 Å². The summed E-state index contributed by atoms with van der Waals surface area (Å²) in [6, 6.07) is 7.09. The minimum atomic E-state index is -4.49. The minimum absolute atomic E-state index is 0.0345. The Morgan fingerprint density at radius 2 is 2.04 bits per heavy atom. The number of rotatable bonds is 2. The van der Waals surface area contributed by atoms with Crippen molar-refractivity contribution in [2.24, 2.45) is 5.73 Å². The van der Waals surface area contributed by atoms with E-state index in [-0.39, 0.29) is 17.6 Å². The Labute approximate surface area is 136 Å². The van der Waals surface area contributed by atoms with Crippen LogP contribution in [0.25, 0.3) is 22.0 Å². The van der Waals surface area contributed by atoms with Crippen LogP contribution in [-0.2, 0) is 6.18 Å². The third-order valence-electron chi connectivity index (χ3n) is 4.69. The fraction of sp³-hybridized carbons (Fsp3) is 0.353. The largest absolute Gasteiger partial charge is 0.435 e. The van der Waals surface area contributed by atoms with Gasteiger partial charge in [-0.3, -0.25) is 4.68 Å². The van der Waals surface area contributed by atoms with E-state index < -0.39 is 11.9 Å². The number of aromatic amines is 1. The molecule has 2 atom stereocenters. The maximum absolute atomic E-state index is 13.5. The SMILES string of the molecule is N[C@@H]1CC[C@@H](n2cc(-c3ccc4cc[nH]c4c3)c(C(F)(F)F)n2)C1. The van der Waals surface area contributed by atoms with Crippen LogP contribution in [0.3, 0.4) is 0 Å². The Morgan fingerprint density at radius 3 is 2.75 bits per heavy atom. The summed E-state index contributed by atoms with van der Waals surface area (Å²) in [5, 5.41) is 4.83. The standard InChI is InChI=1S/C17H17F3N4/c18-17(19,20)16-14(9-24(23-16)13-4-3-12(21)8-13)11-2-1-10-5-6-22-15(10)7-11/h1-2,5-7,9,12-13,22H,3-4,8,21H2/t12-,13-/m1/s1. The fourth-order valence-electron chi connectivity index (χ4n) is 3.45. The van der Waals surface area contributed by atoms with E-state index in [1.165, 1.54) is 10.9 Å². The van der Waals surface area contributed by atoms with Crippen LogP contribution >= 0.6 is 0 Å². The molecule has 0 aliphatic heterocycles. The molecule has 0 bridgehead atoms. The number of nitrogens with zero attached hydrogens (tertiary/aromatic N) is 2. The summed E-state index contributed by atoms with van der Waals surface area (Å²) in [7, 11) is 0. The molecule has 4 rings (SSSR count). The fourth-order valence-corrected chi connectivity index (χ4v) is 3.45. The number of halogens is 3. The van der Waals surface area contributed by atoms with E-state index in [9.17, 15) is 13.2 Å². The highest BCUT2D eigenvalue weighted by Crippen LogP contribution is 2.39. The van der Waals surface area contributed by atoms with Gasteiger partial charge in [-0.2, -0.15) is 18.3 Å². The Morgan fingerprint density at radius 1 is 1.21 bits per heavy atom. The summed E-state index contributed by atoms with van der Waals surface area (Å²) in [6.45, 7) is 0. The number of hydrogen-bond acceptors (Lipinski definition) is 2. The summed E-state index contributed by atoms with van der Waals surface area (Å²) in [5.41, 5.74) is 6.47. The maximum atomic E-state index is 13.5. The number of nitrogens with two attached hydrogens (primary N) is 1. The van der Waals surface area contributed by atoms with E-state index in [0.29, 0.717) is 12.0 Å². The van der Waals surface area contributed by atoms with E-state index in [2.05, 4.69) is 10.1 Å². The zero-order valence-electron chi connectivity index (χ0n) is 12.8. The third kappa shape index (κ3) is 2.58. The number of benzene rings is 1. The van der Waals surface area contributed by atoms with Crippen LogP contribution in [0.15, 0.2) is 36.7 Å². The second-order valence-corrected chi connectivity index (χ2v) is 6.38. The summed E-state index contributed by atoms with van der Waals surface area (Å²) in [6.07, 6.45) is 1.02. The van der Waals surface area contributed by atoms with E-state index >= 15 is 0 Å². The highest BCUT2D eigenvalue weighted by molar-refractivity contribution is 5.85. The van der Waals surface area contributed by atoms with Crippen LogP contribution in [-0.4, -0.2) is 20.8 Å². The van der Waals surface area contributed by atoms with Gasteiger partial charge in [-0.05, 0) is 42.3 Å². The summed E-state index contributed by atoms with van der Waals surface area (Å²) >= 11 is 0. The van der Waals surface area contributed by atoms with E-state index in [4.69, 9.17) is 5.73 Å². The van der Waals surface area contributed by atoms with Crippen LogP contribution in [0.5, 0.6) is 0 Å². The Balaban J connectivity index is 1.81. The third-order valence-corrected chi connectivity index (χ3v) is 4.69. The lowest BCUT2D eigenvalue weighted by Gasteiger charge is -2.09. The monoisotopic (exact) mass is 334 g/mol. The maximum Gasteiger partial charge on any atom is 0.435 e. The number of fused-ring (bicyclic) bond motifs is 1. The molecule has 1 saturated carbocycles.